The molecule has 0 unspecified atom stereocenters. The van der Waals surface area contributed by atoms with Crippen molar-refractivity contribution in [3.05, 3.63) is 65.7 Å². The van der Waals surface area contributed by atoms with Crippen LogP contribution in [0.25, 0.3) is 0 Å². The highest BCUT2D eigenvalue weighted by Crippen LogP contribution is 2.15. The van der Waals surface area contributed by atoms with Crippen molar-refractivity contribution in [2.75, 3.05) is 6.61 Å². The molecule has 0 aliphatic rings. The number of esters is 1. The lowest BCUT2D eigenvalue weighted by Crippen LogP contribution is -2.44. The van der Waals surface area contributed by atoms with Crippen molar-refractivity contribution in [2.45, 2.75) is 32.9 Å². The minimum atomic E-state index is -0.702. The summed E-state index contributed by atoms with van der Waals surface area (Å²) in [4.78, 5) is 35.7. The zero-order chi connectivity index (χ0) is 20.4. The van der Waals surface area contributed by atoms with Crippen molar-refractivity contribution in [2.24, 2.45) is 0 Å². The molecule has 2 aromatic rings. The molecule has 148 valence electrons. The number of carbonyl (C=O) groups excluding carboxylic acids is 3. The SMILES string of the molecule is CC[C@@H](C)NC(=O)NC(=O)COC(=O)c1ccccc1COc1ccccc1. The number of nitrogens with one attached hydrogen (secondary N) is 2. The van der Waals surface area contributed by atoms with Gasteiger partial charge in [-0.1, -0.05) is 43.3 Å². The molecule has 2 N–H and O–H groups in total. The predicted octanol–water partition coefficient (Wildman–Crippen LogP) is 3.05. The van der Waals surface area contributed by atoms with Crippen molar-refractivity contribution in [3.63, 3.8) is 0 Å². The van der Waals surface area contributed by atoms with Crippen LogP contribution in [0.4, 0.5) is 4.79 Å². The van der Waals surface area contributed by atoms with Crippen molar-refractivity contribution in [1.82, 2.24) is 10.6 Å². The molecule has 0 saturated heterocycles. The van der Waals surface area contributed by atoms with Gasteiger partial charge in [0.1, 0.15) is 12.4 Å². The van der Waals surface area contributed by atoms with Gasteiger partial charge in [-0.25, -0.2) is 9.59 Å². The maximum Gasteiger partial charge on any atom is 0.339 e. The molecule has 0 bridgehead atoms. The van der Waals surface area contributed by atoms with Gasteiger partial charge < -0.3 is 14.8 Å². The van der Waals surface area contributed by atoms with Crippen LogP contribution in [0, 0.1) is 0 Å². The van der Waals surface area contributed by atoms with E-state index >= 15 is 0 Å². The van der Waals surface area contributed by atoms with E-state index in [0.29, 0.717) is 16.9 Å². The highest BCUT2D eigenvalue weighted by Gasteiger charge is 2.16. The van der Waals surface area contributed by atoms with Gasteiger partial charge in [0, 0.05) is 11.6 Å². The van der Waals surface area contributed by atoms with E-state index in [2.05, 4.69) is 10.6 Å². The Morgan fingerprint density at radius 2 is 1.68 bits per heavy atom. The summed E-state index contributed by atoms with van der Waals surface area (Å²) in [5.41, 5.74) is 0.932. The molecule has 0 aromatic heterocycles. The lowest BCUT2D eigenvalue weighted by molar-refractivity contribution is -0.123. The molecule has 0 aliphatic heterocycles. The van der Waals surface area contributed by atoms with Gasteiger partial charge in [-0.3, -0.25) is 10.1 Å². The van der Waals surface area contributed by atoms with Gasteiger partial charge in [-0.2, -0.15) is 0 Å². The Balaban J connectivity index is 1.88. The quantitative estimate of drug-likeness (QED) is 0.682. The summed E-state index contributed by atoms with van der Waals surface area (Å²) in [5, 5.41) is 4.72. The summed E-state index contributed by atoms with van der Waals surface area (Å²) in [6.45, 7) is 3.35. The third-order valence-electron chi connectivity index (χ3n) is 3.95. The van der Waals surface area contributed by atoms with Crippen LogP contribution in [-0.2, 0) is 16.1 Å². The van der Waals surface area contributed by atoms with E-state index in [0.717, 1.165) is 6.42 Å². The van der Waals surface area contributed by atoms with E-state index in [1.165, 1.54) is 0 Å². The summed E-state index contributed by atoms with van der Waals surface area (Å²) in [7, 11) is 0. The lowest BCUT2D eigenvalue weighted by atomic mass is 10.1. The maximum absolute atomic E-state index is 12.3. The second-order valence-corrected chi connectivity index (χ2v) is 6.17. The Bertz CT molecular complexity index is 807. The summed E-state index contributed by atoms with van der Waals surface area (Å²) in [5.74, 6) is -0.686. The number of hydrogen-bond donors (Lipinski definition) is 2. The first kappa shape index (κ1) is 21.0. The van der Waals surface area contributed by atoms with Gasteiger partial charge >= 0.3 is 12.0 Å². The molecule has 0 heterocycles. The Kier molecular flexibility index (Phi) is 8.02. The van der Waals surface area contributed by atoms with Crippen molar-refractivity contribution in [3.8, 4) is 5.75 Å². The molecule has 0 radical (unpaired) electrons. The number of para-hydroxylation sites is 1. The largest absolute Gasteiger partial charge is 0.489 e. The second-order valence-electron chi connectivity index (χ2n) is 6.17. The van der Waals surface area contributed by atoms with Crippen molar-refractivity contribution in [1.29, 1.82) is 0 Å². The van der Waals surface area contributed by atoms with Crippen molar-refractivity contribution < 1.29 is 23.9 Å². The third-order valence-corrected chi connectivity index (χ3v) is 3.95. The molecule has 0 aliphatic carbocycles. The zero-order valence-electron chi connectivity index (χ0n) is 15.9. The Labute approximate surface area is 164 Å². The normalized spacial score (nSPS) is 11.2. The fourth-order valence-corrected chi connectivity index (χ4v) is 2.26. The van der Waals surface area contributed by atoms with Crippen LogP contribution in [0.1, 0.15) is 36.2 Å². The van der Waals surface area contributed by atoms with Gasteiger partial charge in [0.05, 0.1) is 5.56 Å². The van der Waals surface area contributed by atoms with Crippen LogP contribution in [0.15, 0.2) is 54.6 Å². The van der Waals surface area contributed by atoms with Crippen LogP contribution < -0.4 is 15.4 Å². The highest BCUT2D eigenvalue weighted by atomic mass is 16.5. The predicted molar refractivity (Wildman–Crippen MR) is 104 cm³/mol. The number of carbonyl (C=O) groups is 3. The summed E-state index contributed by atoms with van der Waals surface area (Å²) < 4.78 is 10.7. The summed E-state index contributed by atoms with van der Waals surface area (Å²) in [6.07, 6.45) is 0.735. The first-order chi connectivity index (χ1) is 13.5. The Morgan fingerprint density at radius 1 is 1.00 bits per heavy atom. The number of rotatable bonds is 8. The van der Waals surface area contributed by atoms with E-state index in [1.54, 1.807) is 24.3 Å². The highest BCUT2D eigenvalue weighted by molar-refractivity contribution is 5.97. The number of ether oxygens (including phenoxy) is 2. The first-order valence-corrected chi connectivity index (χ1v) is 9.02. The topological polar surface area (TPSA) is 93.7 Å². The average Bonchev–Trinajstić information content (AvgIpc) is 2.71. The third kappa shape index (κ3) is 6.75. The van der Waals surface area contributed by atoms with Crippen LogP contribution in [-0.4, -0.2) is 30.6 Å². The molecule has 0 spiro atoms. The molecule has 0 saturated carbocycles. The number of imide groups is 1. The van der Waals surface area contributed by atoms with E-state index < -0.39 is 24.5 Å². The monoisotopic (exact) mass is 384 g/mol. The van der Waals surface area contributed by atoms with E-state index in [-0.39, 0.29) is 12.6 Å². The molecular formula is C21H24N2O5. The zero-order valence-corrected chi connectivity index (χ0v) is 15.9. The number of hydrogen-bond acceptors (Lipinski definition) is 5. The van der Waals surface area contributed by atoms with Crippen LogP contribution in [0.5, 0.6) is 5.75 Å². The van der Waals surface area contributed by atoms with E-state index in [4.69, 9.17) is 9.47 Å². The Morgan fingerprint density at radius 3 is 2.39 bits per heavy atom. The van der Waals surface area contributed by atoms with Gasteiger partial charge in [-0.15, -0.1) is 0 Å². The number of urea groups is 1. The lowest BCUT2D eigenvalue weighted by Gasteiger charge is -2.12. The van der Waals surface area contributed by atoms with Crippen LogP contribution in [0.3, 0.4) is 0 Å². The molecule has 3 amide bonds. The molecule has 28 heavy (non-hydrogen) atoms. The second kappa shape index (κ2) is 10.7. The summed E-state index contributed by atoms with van der Waals surface area (Å²) in [6, 6.07) is 15.4. The molecular weight excluding hydrogens is 360 g/mol. The molecule has 7 heteroatoms. The standard InChI is InChI=1S/C21H24N2O5/c1-3-15(2)22-21(26)23-19(24)14-28-20(25)18-12-8-7-9-16(18)13-27-17-10-5-4-6-11-17/h4-12,15H,3,13-14H2,1-2H3,(H2,22,23,24,26)/t15-/m1/s1. The van der Waals surface area contributed by atoms with E-state index in [1.807, 2.05) is 44.2 Å². The molecule has 2 aromatic carbocycles. The maximum atomic E-state index is 12.3. The van der Waals surface area contributed by atoms with E-state index in [9.17, 15) is 14.4 Å². The molecule has 2 rings (SSSR count). The molecule has 1 atom stereocenters. The summed E-state index contributed by atoms with van der Waals surface area (Å²) >= 11 is 0. The number of amides is 3. The first-order valence-electron chi connectivity index (χ1n) is 9.02. The van der Waals surface area contributed by atoms with Gasteiger partial charge in [-0.05, 0) is 31.5 Å². The average molecular weight is 384 g/mol. The van der Waals surface area contributed by atoms with Gasteiger partial charge in [0.25, 0.3) is 5.91 Å². The minimum absolute atomic E-state index is 0.0631. The van der Waals surface area contributed by atoms with Crippen molar-refractivity contribution >= 4 is 17.9 Å². The molecule has 7 nitrogen and oxygen atoms in total. The van der Waals surface area contributed by atoms with Gasteiger partial charge in [0.2, 0.25) is 0 Å². The van der Waals surface area contributed by atoms with Crippen LogP contribution in [0.2, 0.25) is 0 Å². The fourth-order valence-electron chi connectivity index (χ4n) is 2.26. The van der Waals surface area contributed by atoms with Crippen LogP contribution >= 0.6 is 0 Å². The Hall–Kier alpha value is -3.35. The smallest absolute Gasteiger partial charge is 0.339 e. The number of benzene rings is 2. The van der Waals surface area contributed by atoms with Gasteiger partial charge in [0.15, 0.2) is 6.61 Å². The molecule has 0 fully saturated rings. The fraction of sp³-hybridized carbons (Fsp3) is 0.286. The minimum Gasteiger partial charge on any atom is -0.489 e.